The Bertz CT molecular complexity index is 1580. The van der Waals surface area contributed by atoms with E-state index in [4.69, 9.17) is 0 Å². The van der Waals surface area contributed by atoms with Crippen LogP contribution in [0.5, 0.6) is 0 Å². The number of anilines is 1. The zero-order valence-corrected chi connectivity index (χ0v) is 18.5. The average molecular weight is 498 g/mol. The highest BCUT2D eigenvalue weighted by molar-refractivity contribution is 5.94. The molecule has 2 aromatic carbocycles. The lowest BCUT2D eigenvalue weighted by Crippen LogP contribution is -2.39. The Kier molecular flexibility index (Phi) is 5.54. The first-order chi connectivity index (χ1) is 17.1. The summed E-state index contributed by atoms with van der Waals surface area (Å²) in [7, 11) is 0. The molecule has 0 unspecified atom stereocenters. The standard InChI is InChI=1S/C23H17F3N6O4/c24-23(25,26)15-4-1-5-16(10-15)31-21-18(11-28-31)22(34)29(13-27-21)12-20(33)30-8-2-3-14-9-17(32(35)36)6-7-19(14)30/h1,4-7,9-11,13H,2-3,8,12H2. The summed E-state index contributed by atoms with van der Waals surface area (Å²) in [5.41, 5.74) is -0.143. The van der Waals surface area contributed by atoms with Gasteiger partial charge in [0.25, 0.3) is 11.2 Å². The van der Waals surface area contributed by atoms with Crippen LogP contribution in [0.1, 0.15) is 17.5 Å². The number of alkyl halides is 3. The van der Waals surface area contributed by atoms with Gasteiger partial charge in [-0.3, -0.25) is 24.3 Å². The third-order valence-corrected chi connectivity index (χ3v) is 5.97. The van der Waals surface area contributed by atoms with E-state index in [9.17, 15) is 32.9 Å². The number of halogens is 3. The summed E-state index contributed by atoms with van der Waals surface area (Å²) in [4.78, 5) is 42.3. The minimum absolute atomic E-state index is 0.0392. The predicted molar refractivity (Wildman–Crippen MR) is 122 cm³/mol. The summed E-state index contributed by atoms with van der Waals surface area (Å²) >= 11 is 0. The Balaban J connectivity index is 1.44. The molecule has 10 nitrogen and oxygen atoms in total. The third-order valence-electron chi connectivity index (χ3n) is 5.97. The lowest BCUT2D eigenvalue weighted by molar-refractivity contribution is -0.384. The monoisotopic (exact) mass is 498 g/mol. The number of aryl methyl sites for hydroxylation is 1. The molecule has 0 fully saturated rings. The molecule has 0 aliphatic carbocycles. The fraction of sp³-hybridized carbons (Fsp3) is 0.217. The Labute approximate surface area is 200 Å². The van der Waals surface area contributed by atoms with E-state index in [1.807, 2.05) is 0 Å². The molecule has 0 atom stereocenters. The quantitative estimate of drug-likeness (QED) is 0.314. The van der Waals surface area contributed by atoms with Gasteiger partial charge in [-0.15, -0.1) is 0 Å². The zero-order chi connectivity index (χ0) is 25.6. The van der Waals surface area contributed by atoms with Crippen molar-refractivity contribution in [1.82, 2.24) is 19.3 Å². The van der Waals surface area contributed by atoms with Crippen LogP contribution >= 0.6 is 0 Å². The summed E-state index contributed by atoms with van der Waals surface area (Å²) in [5.74, 6) is -0.404. The number of carbonyl (C=O) groups excluding carboxylic acids is 1. The molecule has 0 N–H and O–H groups in total. The number of non-ortho nitro benzene ring substituents is 1. The second kappa shape index (κ2) is 8.59. The van der Waals surface area contributed by atoms with Crippen LogP contribution in [0.4, 0.5) is 24.5 Å². The van der Waals surface area contributed by atoms with Gasteiger partial charge >= 0.3 is 6.18 Å². The molecule has 0 radical (unpaired) electrons. The van der Waals surface area contributed by atoms with Crippen LogP contribution in [0.3, 0.4) is 0 Å². The normalized spacial score (nSPS) is 13.6. The highest BCUT2D eigenvalue weighted by atomic mass is 19.4. The van der Waals surface area contributed by atoms with Gasteiger partial charge in [0.1, 0.15) is 18.3 Å². The Morgan fingerprint density at radius 3 is 2.72 bits per heavy atom. The first-order valence-corrected chi connectivity index (χ1v) is 10.8. The molecule has 36 heavy (non-hydrogen) atoms. The molecule has 5 rings (SSSR count). The topological polar surface area (TPSA) is 116 Å². The molecule has 0 bridgehead atoms. The number of nitro groups is 1. The minimum Gasteiger partial charge on any atom is -0.311 e. The molecule has 1 aliphatic heterocycles. The Morgan fingerprint density at radius 2 is 1.97 bits per heavy atom. The molecule has 1 aliphatic rings. The smallest absolute Gasteiger partial charge is 0.311 e. The van der Waals surface area contributed by atoms with Crippen molar-refractivity contribution in [2.45, 2.75) is 25.6 Å². The highest BCUT2D eigenvalue weighted by Crippen LogP contribution is 2.32. The molecule has 0 saturated carbocycles. The van der Waals surface area contributed by atoms with Gasteiger partial charge < -0.3 is 4.90 Å². The first kappa shape index (κ1) is 23.2. The van der Waals surface area contributed by atoms with Crippen LogP contribution in [-0.4, -0.2) is 36.7 Å². The molecule has 184 valence electrons. The largest absolute Gasteiger partial charge is 0.416 e. The van der Waals surface area contributed by atoms with Crippen LogP contribution in [0.25, 0.3) is 16.7 Å². The summed E-state index contributed by atoms with van der Waals surface area (Å²) in [6.45, 7) is 0.0501. The van der Waals surface area contributed by atoms with E-state index in [2.05, 4.69) is 10.1 Å². The van der Waals surface area contributed by atoms with Crippen LogP contribution in [0.2, 0.25) is 0 Å². The van der Waals surface area contributed by atoms with Crippen molar-refractivity contribution in [3.8, 4) is 5.69 Å². The van der Waals surface area contributed by atoms with E-state index in [-0.39, 0.29) is 29.0 Å². The molecular formula is C23H17F3N6O4. The number of fused-ring (bicyclic) bond motifs is 2. The zero-order valence-electron chi connectivity index (χ0n) is 18.5. The van der Waals surface area contributed by atoms with Gasteiger partial charge in [0.15, 0.2) is 5.65 Å². The molecule has 2 aromatic heterocycles. The van der Waals surface area contributed by atoms with Gasteiger partial charge in [-0.25, -0.2) is 9.67 Å². The number of amides is 1. The number of nitrogens with zero attached hydrogens (tertiary/aromatic N) is 6. The fourth-order valence-corrected chi connectivity index (χ4v) is 4.25. The minimum atomic E-state index is -4.54. The third kappa shape index (κ3) is 4.08. The van der Waals surface area contributed by atoms with Crippen molar-refractivity contribution < 1.29 is 22.9 Å². The number of hydrogen-bond donors (Lipinski definition) is 0. The van der Waals surface area contributed by atoms with Crippen LogP contribution in [-0.2, 0) is 23.9 Å². The van der Waals surface area contributed by atoms with Gasteiger partial charge in [0.2, 0.25) is 5.91 Å². The second-order valence-electron chi connectivity index (χ2n) is 8.24. The lowest BCUT2D eigenvalue weighted by Gasteiger charge is -2.29. The fourth-order valence-electron chi connectivity index (χ4n) is 4.25. The summed E-state index contributed by atoms with van der Waals surface area (Å²) < 4.78 is 41.5. The molecule has 13 heteroatoms. The number of rotatable bonds is 4. The summed E-state index contributed by atoms with van der Waals surface area (Å²) in [6, 6.07) is 8.77. The summed E-state index contributed by atoms with van der Waals surface area (Å²) in [6.07, 6.45) is -1.01. The highest BCUT2D eigenvalue weighted by Gasteiger charge is 2.31. The van der Waals surface area contributed by atoms with Crippen molar-refractivity contribution in [2.24, 2.45) is 0 Å². The van der Waals surface area contributed by atoms with Crippen LogP contribution in [0, 0.1) is 10.1 Å². The van der Waals surface area contributed by atoms with Crippen molar-refractivity contribution in [1.29, 1.82) is 0 Å². The van der Waals surface area contributed by atoms with E-state index < -0.39 is 28.1 Å². The van der Waals surface area contributed by atoms with Gasteiger partial charge in [-0.1, -0.05) is 6.07 Å². The SMILES string of the molecule is O=C(Cn1cnc2c(cnn2-c2cccc(C(F)(F)F)c2)c1=O)N1CCCc2cc([N+](=O)[O-])ccc21. The van der Waals surface area contributed by atoms with Crippen LogP contribution < -0.4 is 10.5 Å². The second-order valence-corrected chi connectivity index (χ2v) is 8.24. The van der Waals surface area contributed by atoms with Gasteiger partial charge in [0.05, 0.1) is 22.4 Å². The van der Waals surface area contributed by atoms with Crippen molar-refractivity contribution in [3.63, 3.8) is 0 Å². The van der Waals surface area contributed by atoms with Crippen LogP contribution in [0.15, 0.2) is 59.8 Å². The molecule has 3 heterocycles. The molecule has 0 spiro atoms. The maximum absolute atomic E-state index is 13.1. The van der Waals surface area contributed by atoms with E-state index in [0.717, 1.165) is 27.7 Å². The maximum Gasteiger partial charge on any atom is 0.416 e. The van der Waals surface area contributed by atoms with E-state index in [0.29, 0.717) is 30.6 Å². The number of hydrogen-bond acceptors (Lipinski definition) is 6. The number of nitro benzene ring substituents is 1. The van der Waals surface area contributed by atoms with Crippen molar-refractivity contribution >= 4 is 28.3 Å². The molecule has 0 saturated heterocycles. The van der Waals surface area contributed by atoms with Gasteiger partial charge in [-0.2, -0.15) is 18.3 Å². The number of carbonyl (C=O) groups is 1. The predicted octanol–water partition coefficient (Wildman–Crippen LogP) is 3.49. The summed E-state index contributed by atoms with van der Waals surface area (Å²) in [5, 5.41) is 15.1. The number of aromatic nitrogens is 4. The Hall–Kier alpha value is -4.55. The lowest BCUT2D eigenvalue weighted by atomic mass is 10.0. The molecule has 1 amide bonds. The van der Waals surface area contributed by atoms with Gasteiger partial charge in [0, 0.05) is 24.4 Å². The average Bonchev–Trinajstić information content (AvgIpc) is 3.29. The Morgan fingerprint density at radius 1 is 1.17 bits per heavy atom. The van der Waals surface area contributed by atoms with Gasteiger partial charge in [-0.05, 0) is 42.7 Å². The van der Waals surface area contributed by atoms with Crippen molar-refractivity contribution in [3.05, 3.63) is 86.6 Å². The molecular weight excluding hydrogens is 481 g/mol. The number of benzene rings is 2. The van der Waals surface area contributed by atoms with E-state index in [1.54, 1.807) is 0 Å². The maximum atomic E-state index is 13.1. The van der Waals surface area contributed by atoms with E-state index >= 15 is 0 Å². The molecule has 4 aromatic rings. The first-order valence-electron chi connectivity index (χ1n) is 10.8. The van der Waals surface area contributed by atoms with E-state index in [1.165, 1.54) is 41.4 Å². The van der Waals surface area contributed by atoms with Crippen molar-refractivity contribution in [2.75, 3.05) is 11.4 Å².